The Morgan fingerprint density at radius 2 is 2.04 bits per heavy atom. The number of halogens is 1. The molecule has 1 aromatic heterocycles. The number of nitrogens with zero attached hydrogens (tertiary/aromatic N) is 2. The standard InChI is InChI=1S/C17H21N5O2.HI/c1-24-15-6-4-13(5-7-15)8-10-20-17(18)21-12-16(23)22-14-3-2-9-19-11-14;/h2-7,9,11H,8,10,12H2,1H3,(H,22,23)(H3,18,20,21);1H. The van der Waals surface area contributed by atoms with Gasteiger partial charge in [-0.15, -0.1) is 24.0 Å². The Morgan fingerprint density at radius 1 is 1.28 bits per heavy atom. The molecule has 0 unspecified atom stereocenters. The van der Waals surface area contributed by atoms with Gasteiger partial charge in [-0.05, 0) is 36.2 Å². The lowest BCUT2D eigenvalue weighted by atomic mass is 10.1. The molecule has 0 aliphatic rings. The minimum Gasteiger partial charge on any atom is -0.497 e. The molecule has 0 aliphatic carbocycles. The van der Waals surface area contributed by atoms with Gasteiger partial charge in [-0.1, -0.05) is 12.1 Å². The van der Waals surface area contributed by atoms with E-state index in [1.54, 1.807) is 31.6 Å². The van der Waals surface area contributed by atoms with Crippen LogP contribution in [0.2, 0.25) is 0 Å². The summed E-state index contributed by atoms with van der Waals surface area (Å²) in [5, 5.41) is 5.67. The normalized spacial score (nSPS) is 10.5. The summed E-state index contributed by atoms with van der Waals surface area (Å²) in [5.74, 6) is 0.820. The van der Waals surface area contributed by atoms with Crippen LogP contribution in [0.4, 0.5) is 5.69 Å². The number of aromatic nitrogens is 1. The number of rotatable bonds is 7. The van der Waals surface area contributed by atoms with Gasteiger partial charge in [0.05, 0.1) is 19.0 Å². The lowest BCUT2D eigenvalue weighted by Crippen LogP contribution is -2.34. The van der Waals surface area contributed by atoms with Gasteiger partial charge in [0.2, 0.25) is 5.91 Å². The van der Waals surface area contributed by atoms with Crippen LogP contribution < -0.4 is 21.1 Å². The number of hydrogen-bond acceptors (Lipinski definition) is 4. The molecule has 0 spiro atoms. The monoisotopic (exact) mass is 455 g/mol. The molecule has 1 heterocycles. The van der Waals surface area contributed by atoms with Crippen LogP contribution >= 0.6 is 24.0 Å². The number of carbonyl (C=O) groups is 1. The summed E-state index contributed by atoms with van der Waals surface area (Å²) in [6.45, 7) is 0.585. The van der Waals surface area contributed by atoms with Crippen molar-refractivity contribution in [3.05, 3.63) is 54.4 Å². The summed E-state index contributed by atoms with van der Waals surface area (Å²) >= 11 is 0. The molecule has 25 heavy (non-hydrogen) atoms. The van der Waals surface area contributed by atoms with E-state index in [0.29, 0.717) is 12.2 Å². The highest BCUT2D eigenvalue weighted by Crippen LogP contribution is 2.11. The Morgan fingerprint density at radius 3 is 2.68 bits per heavy atom. The summed E-state index contributed by atoms with van der Waals surface area (Å²) in [6.07, 6.45) is 4.00. The number of methoxy groups -OCH3 is 1. The van der Waals surface area contributed by atoms with Gasteiger partial charge < -0.3 is 21.1 Å². The van der Waals surface area contributed by atoms with E-state index in [9.17, 15) is 4.79 Å². The molecule has 4 N–H and O–H groups in total. The average molecular weight is 455 g/mol. The minimum atomic E-state index is -0.247. The predicted octanol–water partition coefficient (Wildman–Crippen LogP) is 1.79. The number of nitrogens with two attached hydrogens (primary N) is 1. The molecule has 0 saturated heterocycles. The molecule has 0 bridgehead atoms. The molecule has 2 aromatic rings. The minimum absolute atomic E-state index is 0. The Hall–Kier alpha value is -2.36. The number of guanidine groups is 1. The molecule has 0 atom stereocenters. The van der Waals surface area contributed by atoms with Gasteiger partial charge in [0.25, 0.3) is 0 Å². The van der Waals surface area contributed by atoms with Crippen LogP contribution in [0.15, 0.2) is 53.8 Å². The summed E-state index contributed by atoms with van der Waals surface area (Å²) < 4.78 is 5.11. The number of amides is 1. The molecule has 0 radical (unpaired) electrons. The average Bonchev–Trinajstić information content (AvgIpc) is 2.61. The quantitative estimate of drug-likeness (QED) is 0.336. The van der Waals surface area contributed by atoms with Crippen molar-refractivity contribution in [2.75, 3.05) is 25.5 Å². The van der Waals surface area contributed by atoms with E-state index in [2.05, 4.69) is 20.6 Å². The first-order valence-corrected chi connectivity index (χ1v) is 7.54. The highest BCUT2D eigenvalue weighted by atomic mass is 127. The topological polar surface area (TPSA) is 102 Å². The first kappa shape index (κ1) is 20.7. The fourth-order valence-corrected chi connectivity index (χ4v) is 1.98. The van der Waals surface area contributed by atoms with Crippen LogP contribution in [0.3, 0.4) is 0 Å². The van der Waals surface area contributed by atoms with E-state index >= 15 is 0 Å². The van der Waals surface area contributed by atoms with Crippen LogP contribution in [0.1, 0.15) is 5.56 Å². The molecule has 8 heteroatoms. The number of ether oxygens (including phenoxy) is 1. The molecule has 1 amide bonds. The lowest BCUT2D eigenvalue weighted by molar-refractivity contribution is -0.114. The smallest absolute Gasteiger partial charge is 0.246 e. The van der Waals surface area contributed by atoms with Crippen molar-refractivity contribution in [2.45, 2.75) is 6.42 Å². The Kier molecular flexibility index (Phi) is 9.30. The van der Waals surface area contributed by atoms with Gasteiger partial charge in [-0.2, -0.15) is 0 Å². The van der Waals surface area contributed by atoms with E-state index in [4.69, 9.17) is 10.5 Å². The fraction of sp³-hybridized carbons (Fsp3) is 0.235. The number of anilines is 1. The second-order valence-corrected chi connectivity index (χ2v) is 5.02. The number of hydrogen-bond donors (Lipinski definition) is 3. The lowest BCUT2D eigenvalue weighted by Gasteiger charge is -2.07. The fourth-order valence-electron chi connectivity index (χ4n) is 1.98. The summed E-state index contributed by atoms with van der Waals surface area (Å²) in [6, 6.07) is 11.3. The van der Waals surface area contributed by atoms with Crippen LogP contribution in [0.5, 0.6) is 5.75 Å². The molecule has 1 aromatic carbocycles. The molecule has 134 valence electrons. The zero-order chi connectivity index (χ0) is 17.2. The largest absolute Gasteiger partial charge is 0.497 e. The van der Waals surface area contributed by atoms with E-state index < -0.39 is 0 Å². The van der Waals surface area contributed by atoms with Crippen molar-refractivity contribution in [3.63, 3.8) is 0 Å². The van der Waals surface area contributed by atoms with Crippen LogP contribution in [0.25, 0.3) is 0 Å². The van der Waals surface area contributed by atoms with Crippen LogP contribution in [-0.2, 0) is 11.2 Å². The number of carbonyl (C=O) groups excluding carboxylic acids is 1. The highest BCUT2D eigenvalue weighted by Gasteiger charge is 2.01. The van der Waals surface area contributed by atoms with Crippen molar-refractivity contribution in [2.24, 2.45) is 10.7 Å². The second-order valence-electron chi connectivity index (χ2n) is 5.02. The van der Waals surface area contributed by atoms with Gasteiger partial charge in [0.15, 0.2) is 5.96 Å². The van der Waals surface area contributed by atoms with E-state index in [1.807, 2.05) is 24.3 Å². The number of nitrogens with one attached hydrogen (secondary N) is 2. The van der Waals surface area contributed by atoms with Gasteiger partial charge in [0.1, 0.15) is 12.3 Å². The van der Waals surface area contributed by atoms with E-state index in [1.165, 1.54) is 0 Å². The molecule has 0 saturated carbocycles. The molecule has 0 fully saturated rings. The zero-order valence-corrected chi connectivity index (χ0v) is 16.3. The number of benzene rings is 1. The Labute approximate surface area is 164 Å². The third kappa shape index (κ3) is 7.84. The van der Waals surface area contributed by atoms with Crippen molar-refractivity contribution in [1.29, 1.82) is 0 Å². The maximum absolute atomic E-state index is 11.7. The van der Waals surface area contributed by atoms with Gasteiger partial charge in [-0.25, -0.2) is 4.99 Å². The molecule has 7 nitrogen and oxygen atoms in total. The summed E-state index contributed by atoms with van der Waals surface area (Å²) in [4.78, 5) is 19.7. The predicted molar refractivity (Wildman–Crippen MR) is 109 cm³/mol. The van der Waals surface area contributed by atoms with E-state index in [0.717, 1.165) is 17.7 Å². The maximum atomic E-state index is 11.7. The summed E-state index contributed by atoms with van der Waals surface area (Å²) in [7, 11) is 1.64. The van der Waals surface area contributed by atoms with Gasteiger partial charge >= 0.3 is 0 Å². The van der Waals surface area contributed by atoms with Crippen molar-refractivity contribution >= 4 is 41.5 Å². The van der Waals surface area contributed by atoms with Crippen molar-refractivity contribution < 1.29 is 9.53 Å². The van der Waals surface area contributed by atoms with Crippen molar-refractivity contribution in [1.82, 2.24) is 10.3 Å². The zero-order valence-electron chi connectivity index (χ0n) is 13.9. The SMILES string of the molecule is COc1ccc(CCNC(N)=NCC(=O)Nc2cccnc2)cc1.I. The second kappa shape index (κ2) is 11.2. The number of aliphatic imine (C=N–C) groups is 1. The van der Waals surface area contributed by atoms with Crippen LogP contribution in [-0.4, -0.2) is 37.1 Å². The first-order valence-electron chi connectivity index (χ1n) is 7.54. The molecular formula is C17H22IN5O2. The third-order valence-corrected chi connectivity index (χ3v) is 3.22. The van der Waals surface area contributed by atoms with E-state index in [-0.39, 0.29) is 42.4 Å². The Bertz CT molecular complexity index is 677. The van der Waals surface area contributed by atoms with Gasteiger partial charge in [0, 0.05) is 12.7 Å². The van der Waals surface area contributed by atoms with Crippen LogP contribution in [0, 0.1) is 0 Å². The summed E-state index contributed by atoms with van der Waals surface area (Å²) in [5.41, 5.74) is 7.54. The first-order chi connectivity index (χ1) is 11.7. The molecule has 0 aliphatic heterocycles. The highest BCUT2D eigenvalue weighted by molar-refractivity contribution is 14.0. The molecular weight excluding hydrogens is 433 g/mol. The number of pyridine rings is 1. The Balaban J connectivity index is 0.00000312. The van der Waals surface area contributed by atoms with Crippen molar-refractivity contribution in [3.8, 4) is 5.75 Å². The van der Waals surface area contributed by atoms with Gasteiger partial charge in [-0.3, -0.25) is 9.78 Å². The molecule has 2 rings (SSSR count). The maximum Gasteiger partial charge on any atom is 0.246 e. The third-order valence-electron chi connectivity index (χ3n) is 3.22.